The van der Waals surface area contributed by atoms with Crippen LogP contribution in [0.3, 0.4) is 0 Å². The van der Waals surface area contributed by atoms with E-state index in [1.54, 1.807) is 0 Å². The average molecular weight is 277 g/mol. The molecule has 1 amide bonds. The van der Waals surface area contributed by atoms with E-state index in [0.717, 1.165) is 5.57 Å². The van der Waals surface area contributed by atoms with Gasteiger partial charge in [0.2, 0.25) is 0 Å². The zero-order valence-corrected chi connectivity index (χ0v) is 12.1. The minimum atomic E-state index is -0.707. The first-order valence-corrected chi connectivity index (χ1v) is 6.45. The van der Waals surface area contributed by atoms with Crippen LogP contribution in [0.1, 0.15) is 38.2 Å². The van der Waals surface area contributed by atoms with E-state index in [0.29, 0.717) is 0 Å². The van der Waals surface area contributed by atoms with Crippen molar-refractivity contribution in [2.24, 2.45) is 23.0 Å². The molecule has 20 heavy (non-hydrogen) atoms. The van der Waals surface area contributed by atoms with Gasteiger partial charge in [0.25, 0.3) is 11.8 Å². The number of nitrogens with zero attached hydrogens (tertiary/aromatic N) is 1. The first-order chi connectivity index (χ1) is 9.25. The first-order valence-electron chi connectivity index (χ1n) is 6.45. The molecule has 1 fully saturated rings. The number of esters is 1. The Hall–Kier alpha value is -2.11. The smallest absolute Gasteiger partial charge is 0.316 e. The number of rotatable bonds is 4. The molecule has 6 nitrogen and oxygen atoms in total. The molecule has 1 heterocycles. The number of nitrogens with two attached hydrogens (primary N) is 1. The second-order valence-electron chi connectivity index (χ2n) is 5.94. The number of allylic oxidation sites excluding steroid dienone is 2. The summed E-state index contributed by atoms with van der Waals surface area (Å²) in [5, 5.41) is 0. The van der Waals surface area contributed by atoms with Crippen molar-refractivity contribution in [1.29, 1.82) is 0 Å². The van der Waals surface area contributed by atoms with Crippen molar-refractivity contribution >= 4 is 11.9 Å². The van der Waals surface area contributed by atoms with Crippen LogP contribution in [0.15, 0.2) is 18.0 Å². The van der Waals surface area contributed by atoms with Crippen LogP contribution >= 0.6 is 0 Å². The molecule has 2 atom stereocenters. The number of nitrogens with one attached hydrogen (secondary N) is 1. The second-order valence-corrected chi connectivity index (χ2v) is 5.94. The van der Waals surface area contributed by atoms with Gasteiger partial charge in [-0.25, -0.2) is 4.98 Å². The molecule has 3 N–H and O–H groups in total. The molecule has 6 heteroatoms. The maximum absolute atomic E-state index is 12.2. The maximum atomic E-state index is 12.2. The lowest BCUT2D eigenvalue weighted by Crippen LogP contribution is -2.18. The lowest BCUT2D eigenvalue weighted by atomic mass is 10.1. The summed E-state index contributed by atoms with van der Waals surface area (Å²) in [5.41, 5.74) is 6.19. The molecule has 108 valence electrons. The summed E-state index contributed by atoms with van der Waals surface area (Å²) >= 11 is 0. The van der Waals surface area contributed by atoms with Gasteiger partial charge in [0.1, 0.15) is 0 Å². The van der Waals surface area contributed by atoms with Crippen LogP contribution in [-0.2, 0) is 4.79 Å². The van der Waals surface area contributed by atoms with E-state index in [1.165, 1.54) is 6.33 Å². The fraction of sp³-hybridized carbons (Fsp3) is 0.500. The van der Waals surface area contributed by atoms with Gasteiger partial charge in [0, 0.05) is 0 Å². The summed E-state index contributed by atoms with van der Waals surface area (Å²) in [4.78, 5) is 29.7. The van der Waals surface area contributed by atoms with Crippen molar-refractivity contribution in [3.8, 4) is 5.88 Å². The molecular weight excluding hydrogens is 258 g/mol. The van der Waals surface area contributed by atoms with E-state index in [1.807, 2.05) is 27.7 Å². The molecule has 0 bridgehead atoms. The van der Waals surface area contributed by atoms with Crippen molar-refractivity contribution in [3.05, 3.63) is 23.7 Å². The van der Waals surface area contributed by atoms with Crippen LogP contribution in [0.25, 0.3) is 0 Å². The van der Waals surface area contributed by atoms with Gasteiger partial charge in [-0.15, -0.1) is 0 Å². The summed E-state index contributed by atoms with van der Waals surface area (Å²) in [6, 6.07) is 0. The Bertz CT molecular complexity index is 582. The number of ether oxygens (including phenoxy) is 1. The number of primary amides is 1. The number of hydrogen-bond acceptors (Lipinski definition) is 4. The van der Waals surface area contributed by atoms with Gasteiger partial charge in [0.05, 0.1) is 12.2 Å². The molecule has 0 saturated heterocycles. The highest BCUT2D eigenvalue weighted by Crippen LogP contribution is 2.59. The molecule has 0 aromatic carbocycles. The lowest BCUT2D eigenvalue weighted by Gasteiger charge is -2.03. The molecule has 2 unspecified atom stereocenters. The topological polar surface area (TPSA) is 98.1 Å². The van der Waals surface area contributed by atoms with Crippen LogP contribution in [0.4, 0.5) is 0 Å². The number of amides is 1. The van der Waals surface area contributed by atoms with Crippen LogP contribution in [-0.4, -0.2) is 21.8 Å². The first kappa shape index (κ1) is 14.3. The van der Waals surface area contributed by atoms with E-state index in [-0.39, 0.29) is 34.8 Å². The number of aromatic amines is 1. The van der Waals surface area contributed by atoms with Crippen molar-refractivity contribution in [2.75, 3.05) is 0 Å². The van der Waals surface area contributed by atoms with Crippen molar-refractivity contribution in [3.63, 3.8) is 0 Å². The molecule has 0 aliphatic heterocycles. The Morgan fingerprint density at radius 3 is 2.65 bits per heavy atom. The third-order valence-electron chi connectivity index (χ3n) is 3.73. The SMILES string of the molecule is CC(C)=CC1C(C(=O)Oc2nc[nH]c2C(N)=O)C1(C)C. The standard InChI is InChI=1S/C14H19N3O3/c1-7(2)5-8-9(14(8,3)4)13(19)20-12-10(11(15)18)16-6-17-12/h5-6,8-9H,1-4H3,(H2,15,18)(H,16,17). The maximum Gasteiger partial charge on any atom is 0.316 e. The normalized spacial score (nSPS) is 23.0. The van der Waals surface area contributed by atoms with Crippen LogP contribution in [0.2, 0.25) is 0 Å². The number of hydrogen-bond donors (Lipinski definition) is 2. The second kappa shape index (κ2) is 4.77. The summed E-state index contributed by atoms with van der Waals surface area (Å²) < 4.78 is 5.21. The van der Waals surface area contributed by atoms with Gasteiger partial charge < -0.3 is 15.5 Å². The van der Waals surface area contributed by atoms with Crippen LogP contribution in [0, 0.1) is 17.3 Å². The predicted molar refractivity (Wildman–Crippen MR) is 72.9 cm³/mol. The van der Waals surface area contributed by atoms with E-state index >= 15 is 0 Å². The molecule has 2 rings (SSSR count). The van der Waals surface area contributed by atoms with Gasteiger partial charge in [-0.2, -0.15) is 0 Å². The molecule has 1 saturated carbocycles. The quantitative estimate of drug-likeness (QED) is 0.645. The van der Waals surface area contributed by atoms with E-state index in [4.69, 9.17) is 10.5 Å². The van der Waals surface area contributed by atoms with Gasteiger partial charge in [-0.05, 0) is 25.2 Å². The molecule has 0 radical (unpaired) electrons. The van der Waals surface area contributed by atoms with Crippen molar-refractivity contribution in [1.82, 2.24) is 9.97 Å². The van der Waals surface area contributed by atoms with Gasteiger partial charge in [0.15, 0.2) is 5.69 Å². The minimum Gasteiger partial charge on any atom is -0.405 e. The highest BCUT2D eigenvalue weighted by molar-refractivity contribution is 5.94. The van der Waals surface area contributed by atoms with Gasteiger partial charge in [-0.1, -0.05) is 25.5 Å². The highest BCUT2D eigenvalue weighted by atomic mass is 16.5. The Morgan fingerprint density at radius 1 is 1.45 bits per heavy atom. The van der Waals surface area contributed by atoms with E-state index < -0.39 is 5.91 Å². The summed E-state index contributed by atoms with van der Waals surface area (Å²) in [6.07, 6.45) is 3.35. The third-order valence-corrected chi connectivity index (χ3v) is 3.73. The molecule has 1 aromatic rings. The zero-order chi connectivity index (χ0) is 15.1. The van der Waals surface area contributed by atoms with E-state index in [2.05, 4.69) is 16.0 Å². The fourth-order valence-corrected chi connectivity index (χ4v) is 2.49. The summed E-state index contributed by atoms with van der Waals surface area (Å²) in [6.45, 7) is 8.02. The zero-order valence-electron chi connectivity index (χ0n) is 12.1. The Kier molecular flexibility index (Phi) is 3.41. The number of imidazole rings is 1. The number of aromatic nitrogens is 2. The van der Waals surface area contributed by atoms with E-state index in [9.17, 15) is 9.59 Å². The van der Waals surface area contributed by atoms with Gasteiger partial charge in [-0.3, -0.25) is 9.59 Å². The number of H-pyrrole nitrogens is 1. The third kappa shape index (κ3) is 2.45. The molecule has 1 aliphatic rings. The Balaban J connectivity index is 2.12. The molecule has 1 aliphatic carbocycles. The van der Waals surface area contributed by atoms with Gasteiger partial charge >= 0.3 is 5.97 Å². The predicted octanol–water partition coefficient (Wildman–Crippen LogP) is 1.65. The lowest BCUT2D eigenvalue weighted by molar-refractivity contribution is -0.137. The van der Waals surface area contributed by atoms with Crippen molar-refractivity contribution < 1.29 is 14.3 Å². The van der Waals surface area contributed by atoms with Crippen molar-refractivity contribution in [2.45, 2.75) is 27.7 Å². The largest absolute Gasteiger partial charge is 0.405 e. The van der Waals surface area contributed by atoms with Crippen LogP contribution < -0.4 is 10.5 Å². The summed E-state index contributed by atoms with van der Waals surface area (Å²) in [5.74, 6) is -1.22. The molecular formula is C14H19N3O3. The Morgan fingerprint density at radius 2 is 2.10 bits per heavy atom. The number of carbonyl (C=O) groups excluding carboxylic acids is 2. The number of carbonyl (C=O) groups is 2. The average Bonchev–Trinajstić information content (AvgIpc) is 2.70. The summed E-state index contributed by atoms with van der Waals surface area (Å²) in [7, 11) is 0. The minimum absolute atomic E-state index is 0.00979. The molecule has 0 spiro atoms. The molecule has 1 aromatic heterocycles. The monoisotopic (exact) mass is 277 g/mol. The van der Waals surface area contributed by atoms with Crippen LogP contribution in [0.5, 0.6) is 5.88 Å². The highest BCUT2D eigenvalue weighted by Gasteiger charge is 2.61. The Labute approximate surface area is 117 Å². The fourth-order valence-electron chi connectivity index (χ4n) is 2.49.